The van der Waals surface area contributed by atoms with Crippen LogP contribution in [-0.2, 0) is 9.78 Å². The van der Waals surface area contributed by atoms with E-state index in [1.165, 1.54) is 0 Å². The second-order valence-electron chi connectivity index (χ2n) is 1.86. The maximum atomic E-state index is 9.57. The van der Waals surface area contributed by atoms with Crippen molar-refractivity contribution in [2.75, 3.05) is 6.61 Å². The van der Waals surface area contributed by atoms with Crippen LogP contribution in [0.15, 0.2) is 0 Å². The van der Waals surface area contributed by atoms with Crippen LogP contribution in [0.2, 0.25) is 0 Å². The number of hydrogen-bond acceptors (Lipinski definition) is 4. The van der Waals surface area contributed by atoms with Crippen LogP contribution in [0, 0.1) is 0 Å². The smallest absolute Gasteiger partial charge is 0.278 e. The van der Waals surface area contributed by atoms with Gasteiger partial charge in [0.25, 0.3) is 6.16 Å². The maximum Gasteiger partial charge on any atom is 0.278 e. The monoisotopic (exact) mass is 165 g/mol. The van der Waals surface area contributed by atoms with Gasteiger partial charge in [-0.05, 0) is 6.42 Å². The summed E-state index contributed by atoms with van der Waals surface area (Å²) < 4.78 is 0. The van der Waals surface area contributed by atoms with Crippen molar-refractivity contribution in [1.82, 2.24) is 6.15 Å². The van der Waals surface area contributed by atoms with Gasteiger partial charge in [-0.1, -0.05) is 19.8 Å². The molecule has 0 bridgehead atoms. The zero-order valence-electron chi connectivity index (χ0n) is 6.96. The minimum Gasteiger partial charge on any atom is -0.424 e. The molecule has 0 heterocycles. The molecule has 11 heavy (non-hydrogen) atoms. The number of carbonyl (C=O) groups is 1. The van der Waals surface area contributed by atoms with E-state index in [2.05, 4.69) is 9.78 Å². The Balaban J connectivity index is 0. The Morgan fingerprint density at radius 3 is 2.55 bits per heavy atom. The van der Waals surface area contributed by atoms with Gasteiger partial charge in [-0.3, -0.25) is 4.89 Å². The van der Waals surface area contributed by atoms with Crippen LogP contribution < -0.4 is 11.3 Å². The van der Waals surface area contributed by atoms with Crippen molar-refractivity contribution in [3.63, 3.8) is 0 Å². The molecule has 68 valence electrons. The molecular weight excluding hydrogens is 150 g/mol. The lowest BCUT2D eigenvalue weighted by atomic mass is 10.3. The molecule has 0 saturated carbocycles. The molecule has 0 amide bonds. The van der Waals surface area contributed by atoms with E-state index >= 15 is 0 Å². The fourth-order valence-corrected chi connectivity index (χ4v) is 0.501. The number of rotatable bonds is 5. The lowest BCUT2D eigenvalue weighted by Crippen LogP contribution is -2.23. The highest BCUT2D eigenvalue weighted by atomic mass is 17.2. The lowest BCUT2D eigenvalue weighted by molar-refractivity contribution is -0.360. The molecule has 0 aliphatic heterocycles. The van der Waals surface area contributed by atoms with Crippen molar-refractivity contribution in [3.05, 3.63) is 0 Å². The molecule has 0 unspecified atom stereocenters. The summed E-state index contributed by atoms with van der Waals surface area (Å²) in [6, 6.07) is 0. The van der Waals surface area contributed by atoms with Crippen molar-refractivity contribution < 1.29 is 19.7 Å². The first-order valence-corrected chi connectivity index (χ1v) is 3.27. The molecule has 0 aromatic heterocycles. The van der Waals surface area contributed by atoms with Gasteiger partial charge in [0, 0.05) is 0 Å². The molecule has 0 saturated heterocycles. The molecule has 0 rings (SSSR count). The maximum absolute atomic E-state index is 9.57. The minimum absolute atomic E-state index is 0. The van der Waals surface area contributed by atoms with Crippen molar-refractivity contribution in [1.29, 1.82) is 0 Å². The third-order valence-corrected chi connectivity index (χ3v) is 0.958. The number of carboxylic acid groups (broad SMARTS) is 1. The van der Waals surface area contributed by atoms with Crippen molar-refractivity contribution in [2.45, 2.75) is 26.2 Å². The number of quaternary nitrogens is 1. The molecule has 0 spiro atoms. The largest absolute Gasteiger partial charge is 0.424 e. The van der Waals surface area contributed by atoms with Gasteiger partial charge in [-0.25, -0.2) is 0 Å². The zero-order valence-corrected chi connectivity index (χ0v) is 6.96. The Morgan fingerprint density at radius 2 is 2.09 bits per heavy atom. The van der Waals surface area contributed by atoms with E-state index in [9.17, 15) is 9.90 Å². The number of hydrogen-bond donors (Lipinski definition) is 1. The van der Waals surface area contributed by atoms with E-state index < -0.39 is 6.16 Å². The average molecular weight is 165 g/mol. The first kappa shape index (κ1) is 12.8. The summed E-state index contributed by atoms with van der Waals surface area (Å²) >= 11 is 0. The molecule has 5 nitrogen and oxygen atoms in total. The molecule has 0 aromatic carbocycles. The molecule has 0 aliphatic carbocycles. The highest BCUT2D eigenvalue weighted by Crippen LogP contribution is 1.93. The summed E-state index contributed by atoms with van der Waals surface area (Å²) in [5.74, 6) is 0. The topological polar surface area (TPSA) is 95.1 Å². The van der Waals surface area contributed by atoms with Crippen LogP contribution in [-0.4, -0.2) is 12.8 Å². The Hall–Kier alpha value is -0.810. The molecule has 0 atom stereocenters. The second-order valence-corrected chi connectivity index (χ2v) is 1.86. The Labute approximate surface area is 65.8 Å². The van der Waals surface area contributed by atoms with Crippen LogP contribution >= 0.6 is 0 Å². The van der Waals surface area contributed by atoms with Gasteiger partial charge in [0.2, 0.25) is 0 Å². The van der Waals surface area contributed by atoms with Gasteiger partial charge in [0.15, 0.2) is 0 Å². The molecule has 0 radical (unpaired) electrons. The van der Waals surface area contributed by atoms with Crippen molar-refractivity contribution >= 4 is 6.16 Å². The Kier molecular flexibility index (Phi) is 10.7. The highest BCUT2D eigenvalue weighted by molar-refractivity contribution is 5.52. The van der Waals surface area contributed by atoms with E-state index in [1.807, 2.05) is 6.92 Å². The van der Waals surface area contributed by atoms with Crippen LogP contribution in [0.25, 0.3) is 0 Å². The number of carbonyl (C=O) groups excluding carboxylic acids is 1. The van der Waals surface area contributed by atoms with Crippen LogP contribution in [0.4, 0.5) is 4.79 Å². The van der Waals surface area contributed by atoms with Gasteiger partial charge >= 0.3 is 0 Å². The second kappa shape index (κ2) is 9.19. The quantitative estimate of drug-likeness (QED) is 0.371. The molecule has 0 fully saturated rings. The fourth-order valence-electron chi connectivity index (χ4n) is 0.501. The molecular formula is C6H15NO4. The van der Waals surface area contributed by atoms with Gasteiger partial charge < -0.3 is 20.9 Å². The highest BCUT2D eigenvalue weighted by Gasteiger charge is 1.86. The van der Waals surface area contributed by atoms with E-state index in [0.29, 0.717) is 6.61 Å². The molecule has 4 N–H and O–H groups in total. The van der Waals surface area contributed by atoms with Crippen LogP contribution in [0.3, 0.4) is 0 Å². The predicted molar refractivity (Wildman–Crippen MR) is 37.9 cm³/mol. The zero-order chi connectivity index (χ0) is 7.82. The Morgan fingerprint density at radius 1 is 1.45 bits per heavy atom. The molecule has 0 aromatic rings. The predicted octanol–water partition coefficient (Wildman–Crippen LogP) is 0.844. The summed E-state index contributed by atoms with van der Waals surface area (Å²) in [5.41, 5.74) is 0. The van der Waals surface area contributed by atoms with Crippen molar-refractivity contribution in [2.24, 2.45) is 0 Å². The first-order valence-electron chi connectivity index (χ1n) is 3.27. The normalized spacial score (nSPS) is 8.45. The lowest BCUT2D eigenvalue weighted by Gasteiger charge is -2.05. The standard InChI is InChI=1S/C6H12O4.H3N/c1-2-3-4-5-9-10-6(7)8;/h2-5H2,1H3,(H,7,8);1H3. The fraction of sp³-hybridized carbons (Fsp3) is 0.833. The summed E-state index contributed by atoms with van der Waals surface area (Å²) in [6.45, 7) is 2.35. The first-order chi connectivity index (χ1) is 4.77. The summed E-state index contributed by atoms with van der Waals surface area (Å²) in [6.07, 6.45) is 1.24. The summed E-state index contributed by atoms with van der Waals surface area (Å²) in [5, 5.41) is 9.57. The van der Waals surface area contributed by atoms with Gasteiger partial charge in [-0.15, -0.1) is 0 Å². The molecule has 0 aliphatic rings. The minimum atomic E-state index is -1.64. The van der Waals surface area contributed by atoms with E-state index in [0.717, 1.165) is 19.3 Å². The summed E-state index contributed by atoms with van der Waals surface area (Å²) in [4.78, 5) is 17.5. The van der Waals surface area contributed by atoms with Gasteiger partial charge in [0.05, 0.1) is 6.61 Å². The third kappa shape index (κ3) is 12.4. The Bertz CT molecular complexity index is 96.6. The average Bonchev–Trinajstić information content (AvgIpc) is 1.87. The van der Waals surface area contributed by atoms with Gasteiger partial charge in [0.1, 0.15) is 0 Å². The summed E-state index contributed by atoms with van der Waals surface area (Å²) in [7, 11) is 0. The third-order valence-electron chi connectivity index (χ3n) is 0.958. The van der Waals surface area contributed by atoms with E-state index in [4.69, 9.17) is 0 Å². The molecule has 5 heteroatoms. The van der Waals surface area contributed by atoms with E-state index in [1.54, 1.807) is 0 Å². The van der Waals surface area contributed by atoms with Gasteiger partial charge in [-0.2, -0.15) is 0 Å². The van der Waals surface area contributed by atoms with E-state index in [-0.39, 0.29) is 6.15 Å². The number of unbranched alkanes of at least 4 members (excludes halogenated alkanes) is 2. The van der Waals surface area contributed by atoms with Crippen LogP contribution in [0.1, 0.15) is 26.2 Å². The van der Waals surface area contributed by atoms with Crippen LogP contribution in [0.5, 0.6) is 0 Å². The van der Waals surface area contributed by atoms with Crippen molar-refractivity contribution in [3.8, 4) is 0 Å². The SMILES string of the molecule is CCCCCOOC(=O)[O-].[NH4+].